The van der Waals surface area contributed by atoms with Crippen LogP contribution in [-0.4, -0.2) is 16.7 Å². The van der Waals surface area contributed by atoms with E-state index in [0.29, 0.717) is 5.69 Å². The highest BCUT2D eigenvalue weighted by Gasteiger charge is 2.70. The summed E-state index contributed by atoms with van der Waals surface area (Å²) in [5.41, 5.74) is 3.38. The van der Waals surface area contributed by atoms with Gasteiger partial charge in [0.15, 0.2) is 0 Å². The number of carbonyl (C=O) groups excluding carboxylic acids is 2. The molecule has 1 heterocycles. The number of rotatable bonds is 2. The van der Waals surface area contributed by atoms with E-state index >= 15 is 0 Å². The third-order valence-electron chi connectivity index (χ3n) is 7.96. The summed E-state index contributed by atoms with van der Waals surface area (Å²) in [5.74, 6) is -1.57. The van der Waals surface area contributed by atoms with E-state index in [1.807, 2.05) is 24.3 Å². The molecule has 2 amide bonds. The lowest BCUT2D eigenvalue weighted by molar-refractivity contribution is -0.384. The summed E-state index contributed by atoms with van der Waals surface area (Å²) in [5, 5.41) is 11.1. The number of imide groups is 1. The van der Waals surface area contributed by atoms with Crippen LogP contribution in [0.15, 0.2) is 72.8 Å². The van der Waals surface area contributed by atoms with Crippen LogP contribution in [0.4, 0.5) is 11.4 Å². The van der Waals surface area contributed by atoms with Crippen LogP contribution < -0.4 is 4.90 Å². The van der Waals surface area contributed by atoms with E-state index < -0.39 is 27.6 Å². The number of hydrogen-bond donors (Lipinski definition) is 0. The Bertz CT molecular complexity index is 1220. The molecule has 3 aromatic rings. The van der Waals surface area contributed by atoms with Crippen molar-refractivity contribution in [1.29, 1.82) is 0 Å². The summed E-state index contributed by atoms with van der Waals surface area (Å²) in [6.45, 7) is 4.15. The van der Waals surface area contributed by atoms with Crippen LogP contribution >= 0.6 is 0 Å². The summed E-state index contributed by atoms with van der Waals surface area (Å²) < 4.78 is 0. The van der Waals surface area contributed by atoms with Gasteiger partial charge in [-0.3, -0.25) is 19.7 Å². The summed E-state index contributed by atoms with van der Waals surface area (Å²) >= 11 is 0. The van der Waals surface area contributed by atoms with E-state index in [-0.39, 0.29) is 17.5 Å². The summed E-state index contributed by atoms with van der Waals surface area (Å²) in [6.07, 6.45) is 0. The average molecular weight is 424 g/mol. The zero-order valence-electron chi connectivity index (χ0n) is 17.6. The third-order valence-corrected chi connectivity index (χ3v) is 7.96. The van der Waals surface area contributed by atoms with E-state index in [0.717, 1.165) is 22.3 Å². The van der Waals surface area contributed by atoms with Gasteiger partial charge in [-0.05, 0) is 34.4 Å². The maximum atomic E-state index is 13.9. The molecular weight excluding hydrogens is 404 g/mol. The number of hydrogen-bond acceptors (Lipinski definition) is 4. The first-order valence-corrected chi connectivity index (χ1v) is 10.6. The number of nitro benzene ring substituents is 1. The minimum absolute atomic E-state index is 0.0796. The largest absolute Gasteiger partial charge is 0.274 e. The lowest BCUT2D eigenvalue weighted by Crippen LogP contribution is -2.59. The van der Waals surface area contributed by atoms with Crippen LogP contribution in [-0.2, 0) is 20.4 Å². The molecule has 32 heavy (non-hydrogen) atoms. The molecule has 1 aliphatic heterocycles. The Hall–Kier alpha value is -3.80. The molecule has 3 aromatic carbocycles. The number of nitrogens with zero attached hydrogens (tertiary/aromatic N) is 2. The van der Waals surface area contributed by atoms with Gasteiger partial charge in [0.05, 0.1) is 22.4 Å². The number of nitro groups is 1. The van der Waals surface area contributed by atoms with Gasteiger partial charge < -0.3 is 0 Å². The maximum absolute atomic E-state index is 13.9. The topological polar surface area (TPSA) is 80.5 Å². The summed E-state index contributed by atoms with van der Waals surface area (Å²) in [7, 11) is 0. The lowest BCUT2D eigenvalue weighted by Gasteiger charge is -2.57. The van der Waals surface area contributed by atoms with Gasteiger partial charge in [-0.15, -0.1) is 0 Å². The number of benzene rings is 3. The Kier molecular flexibility index (Phi) is 3.50. The highest BCUT2D eigenvalue weighted by atomic mass is 16.6. The predicted molar refractivity (Wildman–Crippen MR) is 118 cm³/mol. The first-order chi connectivity index (χ1) is 15.3. The van der Waals surface area contributed by atoms with Crippen LogP contribution in [0.3, 0.4) is 0 Å². The second-order valence-electron chi connectivity index (χ2n) is 9.24. The monoisotopic (exact) mass is 424 g/mol. The predicted octanol–water partition coefficient (Wildman–Crippen LogP) is 4.34. The molecule has 7 rings (SSSR count). The Balaban J connectivity index is 1.60. The highest BCUT2D eigenvalue weighted by molar-refractivity contribution is 6.24. The molecule has 0 spiro atoms. The van der Waals surface area contributed by atoms with Crippen LogP contribution in [0.1, 0.15) is 36.1 Å². The molecule has 1 saturated heterocycles. The molecule has 0 saturated carbocycles. The van der Waals surface area contributed by atoms with Crippen LogP contribution in [0.2, 0.25) is 0 Å². The van der Waals surface area contributed by atoms with Crippen molar-refractivity contribution in [1.82, 2.24) is 0 Å². The molecule has 0 aromatic heterocycles. The smallest absolute Gasteiger partial charge is 0.269 e. The third kappa shape index (κ3) is 1.96. The first kappa shape index (κ1) is 18.9. The quantitative estimate of drug-likeness (QED) is 0.348. The normalized spacial score (nSPS) is 29.5. The Morgan fingerprint density at radius 1 is 0.719 bits per heavy atom. The Morgan fingerprint density at radius 2 is 1.09 bits per heavy atom. The van der Waals surface area contributed by atoms with Crippen molar-refractivity contribution in [2.24, 2.45) is 11.8 Å². The molecular formula is C26H20N2O4. The lowest BCUT2D eigenvalue weighted by atomic mass is 9.42. The van der Waals surface area contributed by atoms with E-state index in [1.165, 1.54) is 29.2 Å². The summed E-state index contributed by atoms with van der Waals surface area (Å²) in [6, 6.07) is 21.9. The fourth-order valence-corrected chi connectivity index (χ4v) is 6.55. The van der Waals surface area contributed by atoms with Gasteiger partial charge in [0.25, 0.3) is 5.69 Å². The van der Waals surface area contributed by atoms with Gasteiger partial charge >= 0.3 is 0 Å². The summed E-state index contributed by atoms with van der Waals surface area (Å²) in [4.78, 5) is 39.6. The van der Waals surface area contributed by atoms with Crippen LogP contribution in [0.25, 0.3) is 0 Å². The van der Waals surface area contributed by atoms with Crippen molar-refractivity contribution in [3.8, 4) is 0 Å². The molecule has 2 atom stereocenters. The van der Waals surface area contributed by atoms with Crippen LogP contribution in [0, 0.1) is 22.0 Å². The zero-order chi connectivity index (χ0) is 22.4. The molecule has 0 radical (unpaired) electrons. The Labute approximate surface area is 184 Å². The number of carbonyl (C=O) groups is 2. The van der Waals surface area contributed by atoms with Gasteiger partial charge in [-0.2, -0.15) is 0 Å². The van der Waals surface area contributed by atoms with E-state index in [1.54, 1.807) is 0 Å². The number of amides is 2. The molecule has 3 aliphatic carbocycles. The molecule has 1 fully saturated rings. The van der Waals surface area contributed by atoms with Crippen molar-refractivity contribution in [2.45, 2.75) is 24.7 Å². The minimum Gasteiger partial charge on any atom is -0.274 e. The SMILES string of the molecule is CC12c3ccccc3C(C)(c3ccccc31)[C@H]1C(=O)N(c3ccc([N+](=O)[O-])cc3)C(=O)[C@@H]12. The van der Waals surface area contributed by atoms with Gasteiger partial charge in [-0.25, -0.2) is 4.90 Å². The Morgan fingerprint density at radius 3 is 1.44 bits per heavy atom. The van der Waals surface area contributed by atoms with Crippen molar-refractivity contribution < 1.29 is 14.5 Å². The molecule has 2 bridgehead atoms. The van der Waals surface area contributed by atoms with E-state index in [4.69, 9.17) is 0 Å². The molecule has 0 N–H and O–H groups in total. The van der Waals surface area contributed by atoms with Crippen molar-refractivity contribution >= 4 is 23.2 Å². The molecule has 0 unspecified atom stereocenters. The number of anilines is 1. The maximum Gasteiger partial charge on any atom is 0.269 e. The van der Waals surface area contributed by atoms with Crippen molar-refractivity contribution in [3.63, 3.8) is 0 Å². The van der Waals surface area contributed by atoms with Crippen molar-refractivity contribution in [2.75, 3.05) is 4.90 Å². The molecule has 6 heteroatoms. The fourth-order valence-electron chi connectivity index (χ4n) is 6.55. The zero-order valence-corrected chi connectivity index (χ0v) is 17.6. The average Bonchev–Trinajstić information content (AvgIpc) is 3.08. The van der Waals surface area contributed by atoms with Gasteiger partial charge in [0.2, 0.25) is 11.8 Å². The van der Waals surface area contributed by atoms with Gasteiger partial charge in [0.1, 0.15) is 0 Å². The number of non-ortho nitro benzene ring substituents is 1. The fraction of sp³-hybridized carbons (Fsp3) is 0.231. The standard InChI is InChI=1S/C26H20N2O4/c1-25-17-7-3-5-9-19(17)26(2,20-10-6-4-8-18(20)25)22-21(25)23(29)27(24(22)30)15-11-13-16(14-12-15)28(31)32/h3-14,21-22H,1-2H3/t21-,22-,25?,26?/m1/s1. The minimum atomic E-state index is -0.641. The van der Waals surface area contributed by atoms with Crippen LogP contribution in [0.5, 0.6) is 0 Å². The van der Waals surface area contributed by atoms with Crippen molar-refractivity contribution in [3.05, 3.63) is 105 Å². The molecule has 6 nitrogen and oxygen atoms in total. The van der Waals surface area contributed by atoms with E-state index in [2.05, 4.69) is 38.1 Å². The first-order valence-electron chi connectivity index (χ1n) is 10.6. The molecule has 158 valence electrons. The van der Waals surface area contributed by atoms with E-state index in [9.17, 15) is 19.7 Å². The molecule has 4 aliphatic rings. The second kappa shape index (κ2) is 5.91. The van der Waals surface area contributed by atoms with Gasteiger partial charge in [0, 0.05) is 23.0 Å². The van der Waals surface area contributed by atoms with Gasteiger partial charge in [-0.1, -0.05) is 62.4 Å². The highest BCUT2D eigenvalue weighted by Crippen LogP contribution is 2.66. The second-order valence-corrected chi connectivity index (χ2v) is 9.24.